The number of carbonyl (C=O) groups is 4. The molecule has 0 aromatic rings. The van der Waals surface area contributed by atoms with Gasteiger partial charge in [-0.05, 0) is 6.92 Å². The topological polar surface area (TPSA) is 114 Å². The van der Waals surface area contributed by atoms with Gasteiger partial charge in [-0.2, -0.15) is 0 Å². The third-order valence-corrected chi connectivity index (χ3v) is 3.46. The predicted molar refractivity (Wildman–Crippen MR) is 86.8 cm³/mol. The monoisotopic (exact) mass is 372 g/mol. The summed E-state index contributed by atoms with van der Waals surface area (Å²) >= 11 is 0. The van der Waals surface area contributed by atoms with Crippen molar-refractivity contribution in [2.45, 2.75) is 58.5 Å². The van der Waals surface area contributed by atoms with Gasteiger partial charge in [0, 0.05) is 32.8 Å². The van der Waals surface area contributed by atoms with E-state index in [9.17, 15) is 19.2 Å². The van der Waals surface area contributed by atoms with Gasteiger partial charge >= 0.3 is 23.9 Å². The first-order chi connectivity index (χ1) is 12.1. The molecule has 1 fully saturated rings. The molecule has 1 heterocycles. The summed E-state index contributed by atoms with van der Waals surface area (Å²) in [5.74, 6) is -2.50. The van der Waals surface area contributed by atoms with Gasteiger partial charge in [-0.3, -0.25) is 14.4 Å². The van der Waals surface area contributed by atoms with E-state index in [1.807, 2.05) is 0 Å². The second kappa shape index (κ2) is 9.91. The van der Waals surface area contributed by atoms with Gasteiger partial charge < -0.3 is 23.7 Å². The minimum Gasteiger partial charge on any atom is -0.463 e. The molecule has 0 unspecified atom stereocenters. The van der Waals surface area contributed by atoms with Crippen LogP contribution in [-0.2, 0) is 42.9 Å². The fourth-order valence-corrected chi connectivity index (χ4v) is 2.55. The van der Waals surface area contributed by atoms with Crippen LogP contribution in [0.4, 0.5) is 0 Å². The molecule has 0 amide bonds. The Kier molecular flexibility index (Phi) is 8.24. The zero-order valence-electron chi connectivity index (χ0n) is 15.3. The Hall–Kier alpha value is -2.42. The molecule has 1 aliphatic heterocycles. The Labute approximate surface area is 151 Å². The lowest BCUT2D eigenvalue weighted by molar-refractivity contribution is -0.225. The highest BCUT2D eigenvalue weighted by Crippen LogP contribution is 2.28. The van der Waals surface area contributed by atoms with Crippen LogP contribution in [0.3, 0.4) is 0 Å². The van der Waals surface area contributed by atoms with Crippen molar-refractivity contribution in [2.24, 2.45) is 0 Å². The first kappa shape index (κ1) is 21.6. The van der Waals surface area contributed by atoms with E-state index in [0.717, 1.165) is 0 Å². The summed E-state index contributed by atoms with van der Waals surface area (Å²) in [4.78, 5) is 46.0. The molecule has 9 heteroatoms. The zero-order chi connectivity index (χ0) is 19.9. The molecule has 146 valence electrons. The molecule has 4 atom stereocenters. The lowest BCUT2D eigenvalue weighted by atomic mass is 9.94. The van der Waals surface area contributed by atoms with Gasteiger partial charge in [0.15, 0.2) is 18.3 Å². The van der Waals surface area contributed by atoms with Crippen molar-refractivity contribution in [1.29, 1.82) is 0 Å². The van der Waals surface area contributed by atoms with E-state index >= 15 is 0 Å². The van der Waals surface area contributed by atoms with Gasteiger partial charge in [-0.1, -0.05) is 6.58 Å². The lowest BCUT2D eigenvalue weighted by Crippen LogP contribution is -2.57. The fraction of sp³-hybridized carbons (Fsp3) is 0.647. The van der Waals surface area contributed by atoms with Crippen LogP contribution in [0, 0.1) is 0 Å². The van der Waals surface area contributed by atoms with Crippen LogP contribution in [0.25, 0.3) is 0 Å². The zero-order valence-corrected chi connectivity index (χ0v) is 15.3. The molecule has 1 saturated heterocycles. The Morgan fingerprint density at radius 3 is 2.00 bits per heavy atom. The van der Waals surface area contributed by atoms with Crippen molar-refractivity contribution < 1.29 is 42.9 Å². The minimum atomic E-state index is -1.08. The number of hydrogen-bond acceptors (Lipinski definition) is 9. The standard InChI is InChI=1S/C17H24O9/c1-6-22-17(21)9(2)7-13-15(25-11(4)19)16(26-12(5)20)14(8-23-13)24-10(3)18/h13-16H,2,6-8H2,1,3-5H3/t13-,14+,15+,16+/m0/s1. The van der Waals surface area contributed by atoms with Gasteiger partial charge in [0.2, 0.25) is 0 Å². The molecule has 0 N–H and O–H groups in total. The molecule has 0 aromatic heterocycles. The summed E-state index contributed by atoms with van der Waals surface area (Å²) in [7, 11) is 0. The number of hydrogen-bond donors (Lipinski definition) is 0. The van der Waals surface area contributed by atoms with Gasteiger partial charge in [0.1, 0.15) is 6.10 Å². The van der Waals surface area contributed by atoms with Crippen LogP contribution in [0.5, 0.6) is 0 Å². The van der Waals surface area contributed by atoms with Crippen molar-refractivity contribution in [1.82, 2.24) is 0 Å². The second-order valence-corrected chi connectivity index (χ2v) is 5.70. The number of esters is 4. The molecular formula is C17H24O9. The van der Waals surface area contributed by atoms with Crippen LogP contribution in [0.15, 0.2) is 12.2 Å². The maximum Gasteiger partial charge on any atom is 0.333 e. The maximum absolute atomic E-state index is 11.8. The van der Waals surface area contributed by atoms with Crippen molar-refractivity contribution >= 4 is 23.9 Å². The summed E-state index contributed by atoms with van der Waals surface area (Å²) in [6.07, 6.45) is -3.95. The maximum atomic E-state index is 11.8. The molecular weight excluding hydrogens is 348 g/mol. The van der Waals surface area contributed by atoms with Crippen LogP contribution < -0.4 is 0 Å². The molecule has 0 aliphatic carbocycles. The molecule has 1 rings (SSSR count). The van der Waals surface area contributed by atoms with Crippen molar-refractivity contribution in [2.75, 3.05) is 13.2 Å². The van der Waals surface area contributed by atoms with E-state index in [4.69, 9.17) is 23.7 Å². The van der Waals surface area contributed by atoms with Gasteiger partial charge in [0.05, 0.1) is 13.2 Å². The number of rotatable bonds is 7. The normalized spacial score (nSPS) is 24.9. The first-order valence-electron chi connectivity index (χ1n) is 8.13. The van der Waals surface area contributed by atoms with E-state index in [2.05, 4.69) is 6.58 Å². The van der Waals surface area contributed by atoms with E-state index < -0.39 is 48.3 Å². The quantitative estimate of drug-likeness (QED) is 0.361. The molecule has 0 spiro atoms. The molecule has 26 heavy (non-hydrogen) atoms. The van der Waals surface area contributed by atoms with Crippen LogP contribution in [0.2, 0.25) is 0 Å². The van der Waals surface area contributed by atoms with Crippen molar-refractivity contribution in [3.63, 3.8) is 0 Å². The van der Waals surface area contributed by atoms with Gasteiger partial charge in [-0.15, -0.1) is 0 Å². The first-order valence-corrected chi connectivity index (χ1v) is 8.13. The smallest absolute Gasteiger partial charge is 0.333 e. The van der Waals surface area contributed by atoms with E-state index in [0.29, 0.717) is 0 Å². The van der Waals surface area contributed by atoms with E-state index in [1.54, 1.807) is 6.92 Å². The largest absolute Gasteiger partial charge is 0.463 e. The Balaban J connectivity index is 3.04. The van der Waals surface area contributed by atoms with Crippen LogP contribution in [0.1, 0.15) is 34.1 Å². The van der Waals surface area contributed by atoms with Crippen LogP contribution >= 0.6 is 0 Å². The molecule has 0 radical (unpaired) electrons. The summed E-state index contributed by atoms with van der Waals surface area (Å²) in [6, 6.07) is 0. The van der Waals surface area contributed by atoms with E-state index in [1.165, 1.54) is 20.8 Å². The summed E-state index contributed by atoms with van der Waals surface area (Å²) in [5.41, 5.74) is 0.113. The summed E-state index contributed by atoms with van der Waals surface area (Å²) in [6.45, 7) is 8.94. The lowest BCUT2D eigenvalue weighted by Gasteiger charge is -2.40. The average molecular weight is 372 g/mol. The minimum absolute atomic E-state index is 0.0126. The van der Waals surface area contributed by atoms with Gasteiger partial charge in [0.25, 0.3) is 0 Å². The highest BCUT2D eigenvalue weighted by molar-refractivity contribution is 5.87. The molecule has 0 aromatic carbocycles. The Morgan fingerprint density at radius 1 is 0.962 bits per heavy atom. The Bertz CT molecular complexity index is 569. The molecule has 0 bridgehead atoms. The second-order valence-electron chi connectivity index (χ2n) is 5.70. The Morgan fingerprint density at radius 2 is 1.50 bits per heavy atom. The van der Waals surface area contributed by atoms with Crippen molar-refractivity contribution in [3.8, 4) is 0 Å². The van der Waals surface area contributed by atoms with E-state index in [-0.39, 0.29) is 25.2 Å². The summed E-state index contributed by atoms with van der Waals surface area (Å²) in [5, 5.41) is 0. The van der Waals surface area contributed by atoms with Crippen LogP contribution in [-0.4, -0.2) is 61.5 Å². The average Bonchev–Trinajstić information content (AvgIpc) is 2.51. The number of ether oxygens (including phenoxy) is 5. The number of carbonyl (C=O) groups excluding carboxylic acids is 4. The highest BCUT2D eigenvalue weighted by Gasteiger charge is 2.47. The van der Waals surface area contributed by atoms with Crippen molar-refractivity contribution in [3.05, 3.63) is 12.2 Å². The van der Waals surface area contributed by atoms with Gasteiger partial charge in [-0.25, -0.2) is 4.79 Å². The highest BCUT2D eigenvalue weighted by atomic mass is 16.6. The fourth-order valence-electron chi connectivity index (χ4n) is 2.55. The molecule has 9 nitrogen and oxygen atoms in total. The SMILES string of the molecule is C=C(C[C@@H]1OC[C@@H](OC(C)=O)[C@@H](OC(C)=O)[C@@H]1OC(C)=O)C(=O)OCC. The molecule has 1 aliphatic rings. The third kappa shape index (κ3) is 6.47. The predicted octanol–water partition coefficient (Wildman–Crippen LogP) is 0.690. The summed E-state index contributed by atoms with van der Waals surface area (Å²) < 4.78 is 26.0. The third-order valence-electron chi connectivity index (χ3n) is 3.46. The molecule has 0 saturated carbocycles.